The zero-order valence-corrected chi connectivity index (χ0v) is 9.71. The van der Waals surface area contributed by atoms with Crippen LogP contribution in [0.3, 0.4) is 0 Å². The zero-order valence-electron chi connectivity index (χ0n) is 9.71. The van der Waals surface area contributed by atoms with Crippen LogP contribution in [0, 0.1) is 0 Å². The van der Waals surface area contributed by atoms with Crippen molar-refractivity contribution in [1.29, 1.82) is 0 Å². The summed E-state index contributed by atoms with van der Waals surface area (Å²) in [6, 6.07) is 3.65. The number of nitrogens with zero attached hydrogens (tertiary/aromatic N) is 4. The Kier molecular flexibility index (Phi) is 3.13. The molecular weight excluding hydrogens is 218 g/mol. The smallest absolute Gasteiger partial charge is 0.249 e. The predicted octanol–water partition coefficient (Wildman–Crippen LogP) is 1.43. The van der Waals surface area contributed by atoms with Crippen LogP contribution >= 0.6 is 0 Å². The summed E-state index contributed by atoms with van der Waals surface area (Å²) in [7, 11) is 1.70. The fourth-order valence-electron chi connectivity index (χ4n) is 1.41. The number of pyridine rings is 1. The van der Waals surface area contributed by atoms with E-state index in [9.17, 15) is 4.79 Å². The van der Waals surface area contributed by atoms with Crippen LogP contribution in [-0.2, 0) is 0 Å². The van der Waals surface area contributed by atoms with Gasteiger partial charge in [-0.15, -0.1) is 5.10 Å². The average molecular weight is 231 g/mol. The van der Waals surface area contributed by atoms with Gasteiger partial charge >= 0.3 is 0 Å². The van der Waals surface area contributed by atoms with Crippen molar-refractivity contribution in [2.45, 2.75) is 13.3 Å². The maximum Gasteiger partial charge on any atom is 0.249 e. The number of aromatic nitrogens is 4. The molecule has 17 heavy (non-hydrogen) atoms. The molecule has 6 nitrogen and oxygen atoms in total. The van der Waals surface area contributed by atoms with Gasteiger partial charge in [0.05, 0.1) is 0 Å². The largest absolute Gasteiger partial charge is 0.357 e. The molecule has 0 aliphatic carbocycles. The quantitative estimate of drug-likeness (QED) is 0.865. The first-order valence-corrected chi connectivity index (χ1v) is 5.34. The van der Waals surface area contributed by atoms with Gasteiger partial charge in [-0.2, -0.15) is 9.67 Å². The number of carbonyl (C=O) groups excluding carboxylic acids is 1. The van der Waals surface area contributed by atoms with Gasteiger partial charge in [0, 0.05) is 31.4 Å². The number of anilines is 1. The lowest BCUT2D eigenvalue weighted by Gasteiger charge is -1.99. The summed E-state index contributed by atoms with van der Waals surface area (Å²) in [4.78, 5) is 19.9. The lowest BCUT2D eigenvalue weighted by Crippen LogP contribution is -2.13. The Morgan fingerprint density at radius 2 is 2.35 bits per heavy atom. The molecule has 6 heteroatoms. The van der Waals surface area contributed by atoms with Gasteiger partial charge in [-0.3, -0.25) is 9.78 Å². The van der Waals surface area contributed by atoms with Crippen LogP contribution in [0.2, 0.25) is 0 Å². The fourth-order valence-corrected chi connectivity index (χ4v) is 1.41. The van der Waals surface area contributed by atoms with Crippen molar-refractivity contribution in [3.63, 3.8) is 0 Å². The SMILES string of the molecule is CCC(=O)n1nc(-c2cccnc2)nc1NC. The maximum absolute atomic E-state index is 11.6. The Balaban J connectivity index is 2.45. The number of hydrogen-bond donors (Lipinski definition) is 1. The van der Waals surface area contributed by atoms with Gasteiger partial charge in [-0.25, -0.2) is 0 Å². The van der Waals surface area contributed by atoms with E-state index < -0.39 is 0 Å². The summed E-state index contributed by atoms with van der Waals surface area (Å²) in [5.74, 6) is 0.831. The van der Waals surface area contributed by atoms with Crippen LogP contribution in [0.25, 0.3) is 11.4 Å². The van der Waals surface area contributed by atoms with Gasteiger partial charge in [0.2, 0.25) is 11.9 Å². The Hall–Kier alpha value is -2.24. The highest BCUT2D eigenvalue weighted by molar-refractivity contribution is 5.81. The van der Waals surface area contributed by atoms with Crippen molar-refractivity contribution in [1.82, 2.24) is 19.7 Å². The highest BCUT2D eigenvalue weighted by Crippen LogP contribution is 2.16. The molecule has 0 aromatic carbocycles. The molecule has 2 rings (SSSR count). The van der Waals surface area contributed by atoms with E-state index in [2.05, 4.69) is 20.4 Å². The normalized spacial score (nSPS) is 10.2. The fraction of sp³-hybridized carbons (Fsp3) is 0.273. The second-order valence-electron chi connectivity index (χ2n) is 3.41. The van der Waals surface area contributed by atoms with Gasteiger partial charge < -0.3 is 5.32 Å². The highest BCUT2D eigenvalue weighted by atomic mass is 16.2. The van der Waals surface area contributed by atoms with E-state index >= 15 is 0 Å². The number of nitrogens with one attached hydrogen (secondary N) is 1. The van der Waals surface area contributed by atoms with Crippen molar-refractivity contribution >= 4 is 11.9 Å². The minimum atomic E-state index is -0.100. The van der Waals surface area contributed by atoms with E-state index in [4.69, 9.17) is 0 Å². The molecule has 2 aromatic rings. The monoisotopic (exact) mass is 231 g/mol. The molecular formula is C11H13N5O. The summed E-state index contributed by atoms with van der Waals surface area (Å²) >= 11 is 0. The third kappa shape index (κ3) is 2.15. The molecule has 0 amide bonds. The maximum atomic E-state index is 11.6. The van der Waals surface area contributed by atoms with E-state index in [0.29, 0.717) is 18.2 Å². The molecule has 0 fully saturated rings. The Morgan fingerprint density at radius 3 is 2.94 bits per heavy atom. The molecule has 0 aliphatic rings. The summed E-state index contributed by atoms with van der Waals surface area (Å²) in [6.45, 7) is 1.78. The minimum Gasteiger partial charge on any atom is -0.357 e. The first kappa shape index (κ1) is 11.3. The van der Waals surface area contributed by atoms with Crippen LogP contribution in [-0.4, -0.2) is 32.7 Å². The number of hydrogen-bond acceptors (Lipinski definition) is 5. The zero-order chi connectivity index (χ0) is 12.3. The third-order valence-corrected chi connectivity index (χ3v) is 2.29. The van der Waals surface area contributed by atoms with Crippen LogP contribution in [0.1, 0.15) is 18.1 Å². The molecule has 1 N–H and O–H groups in total. The van der Waals surface area contributed by atoms with Crippen LogP contribution < -0.4 is 5.32 Å². The van der Waals surface area contributed by atoms with E-state index in [-0.39, 0.29) is 5.91 Å². The molecule has 0 spiro atoms. The Labute approximate surface area is 98.7 Å². The van der Waals surface area contributed by atoms with Gasteiger partial charge in [0.1, 0.15) is 0 Å². The minimum absolute atomic E-state index is 0.100. The summed E-state index contributed by atoms with van der Waals surface area (Å²) in [5, 5.41) is 7.02. The summed E-state index contributed by atoms with van der Waals surface area (Å²) in [5.41, 5.74) is 0.784. The topological polar surface area (TPSA) is 72.7 Å². The number of rotatable bonds is 3. The molecule has 0 aliphatic heterocycles. The van der Waals surface area contributed by atoms with Gasteiger partial charge in [0.15, 0.2) is 5.82 Å². The molecule has 2 heterocycles. The van der Waals surface area contributed by atoms with Crippen LogP contribution in [0.15, 0.2) is 24.5 Å². The highest BCUT2D eigenvalue weighted by Gasteiger charge is 2.14. The Bertz CT molecular complexity index is 520. The average Bonchev–Trinajstić information content (AvgIpc) is 2.83. The van der Waals surface area contributed by atoms with Crippen LogP contribution in [0.5, 0.6) is 0 Å². The molecule has 0 bridgehead atoms. The molecule has 0 saturated carbocycles. The molecule has 0 saturated heterocycles. The Morgan fingerprint density at radius 1 is 1.53 bits per heavy atom. The lowest BCUT2D eigenvalue weighted by atomic mass is 10.3. The van der Waals surface area contributed by atoms with Crippen molar-refractivity contribution in [2.24, 2.45) is 0 Å². The van der Waals surface area contributed by atoms with E-state index in [1.807, 2.05) is 6.07 Å². The first-order valence-electron chi connectivity index (χ1n) is 5.34. The van der Waals surface area contributed by atoms with E-state index in [0.717, 1.165) is 5.56 Å². The van der Waals surface area contributed by atoms with E-state index in [1.54, 1.807) is 32.4 Å². The van der Waals surface area contributed by atoms with Crippen LogP contribution in [0.4, 0.5) is 5.95 Å². The first-order chi connectivity index (χ1) is 8.26. The summed E-state index contributed by atoms with van der Waals surface area (Å²) < 4.78 is 1.28. The second-order valence-corrected chi connectivity index (χ2v) is 3.41. The molecule has 0 atom stereocenters. The molecule has 0 unspecified atom stereocenters. The summed E-state index contributed by atoms with van der Waals surface area (Å²) in [6.07, 6.45) is 3.72. The van der Waals surface area contributed by atoms with Crippen molar-refractivity contribution in [3.8, 4) is 11.4 Å². The standard InChI is InChI=1S/C11H13N5O/c1-3-9(17)16-11(12-2)14-10(15-16)8-5-4-6-13-7-8/h4-7H,3H2,1-2H3,(H,12,14,15). The lowest BCUT2D eigenvalue weighted by molar-refractivity contribution is 0.0896. The van der Waals surface area contributed by atoms with Crippen molar-refractivity contribution in [3.05, 3.63) is 24.5 Å². The van der Waals surface area contributed by atoms with Gasteiger partial charge in [-0.1, -0.05) is 6.92 Å². The second kappa shape index (κ2) is 4.73. The van der Waals surface area contributed by atoms with E-state index in [1.165, 1.54) is 4.68 Å². The molecule has 88 valence electrons. The molecule has 2 aromatic heterocycles. The third-order valence-electron chi connectivity index (χ3n) is 2.29. The van der Waals surface area contributed by atoms with Crippen molar-refractivity contribution in [2.75, 3.05) is 12.4 Å². The molecule has 0 radical (unpaired) electrons. The van der Waals surface area contributed by atoms with Gasteiger partial charge in [0.25, 0.3) is 0 Å². The van der Waals surface area contributed by atoms with Gasteiger partial charge in [-0.05, 0) is 12.1 Å². The number of carbonyl (C=O) groups is 1. The van der Waals surface area contributed by atoms with Crippen molar-refractivity contribution < 1.29 is 4.79 Å². The predicted molar refractivity (Wildman–Crippen MR) is 63.7 cm³/mol.